The highest BCUT2D eigenvalue weighted by Crippen LogP contribution is 2.33. The van der Waals surface area contributed by atoms with E-state index in [9.17, 15) is 14.7 Å². The van der Waals surface area contributed by atoms with E-state index in [0.717, 1.165) is 18.5 Å². The lowest BCUT2D eigenvalue weighted by atomic mass is 10.1. The molecule has 2 aliphatic heterocycles. The molecular weight excluding hydrogens is 324 g/mol. The molecular formula is C17H18N4O4. The van der Waals surface area contributed by atoms with Gasteiger partial charge in [0.25, 0.3) is 5.91 Å². The van der Waals surface area contributed by atoms with Gasteiger partial charge in [0.1, 0.15) is 5.69 Å². The van der Waals surface area contributed by atoms with Crippen molar-refractivity contribution >= 4 is 11.9 Å². The van der Waals surface area contributed by atoms with Crippen LogP contribution in [-0.2, 0) is 17.9 Å². The minimum absolute atomic E-state index is 0.130. The second-order valence-electron chi connectivity index (χ2n) is 6.19. The van der Waals surface area contributed by atoms with E-state index in [1.165, 1.54) is 6.07 Å². The van der Waals surface area contributed by atoms with Gasteiger partial charge in [0.05, 0.1) is 42.4 Å². The van der Waals surface area contributed by atoms with E-state index >= 15 is 0 Å². The summed E-state index contributed by atoms with van der Waals surface area (Å²) in [7, 11) is 0. The fourth-order valence-electron chi connectivity index (χ4n) is 3.64. The van der Waals surface area contributed by atoms with E-state index < -0.39 is 5.97 Å². The van der Waals surface area contributed by atoms with Gasteiger partial charge >= 0.3 is 5.97 Å². The number of ether oxygens (including phenoxy) is 1. The van der Waals surface area contributed by atoms with Gasteiger partial charge < -0.3 is 19.3 Å². The fourth-order valence-corrected chi connectivity index (χ4v) is 3.64. The summed E-state index contributed by atoms with van der Waals surface area (Å²) in [6.07, 6.45) is 6.60. The standard InChI is InChI=1S/C17H18N4O4/c22-16(21-5-1-2-13(21)12-9-18-3-4-19-12)11-8-14(17(23)24)20-6-7-25-10-15(11)20/h3-4,8-9,13H,1-2,5-7,10H2,(H,23,24)/t13-/m1/s1. The number of nitrogens with zero attached hydrogens (tertiary/aromatic N) is 4. The summed E-state index contributed by atoms with van der Waals surface area (Å²) in [5.74, 6) is -1.20. The van der Waals surface area contributed by atoms with Gasteiger partial charge in [-0.25, -0.2) is 4.79 Å². The molecule has 1 fully saturated rings. The quantitative estimate of drug-likeness (QED) is 0.907. The van der Waals surface area contributed by atoms with Crippen molar-refractivity contribution < 1.29 is 19.4 Å². The smallest absolute Gasteiger partial charge is 0.352 e. The molecule has 0 saturated carbocycles. The summed E-state index contributed by atoms with van der Waals surface area (Å²) in [6.45, 7) is 1.76. The third-order valence-corrected chi connectivity index (χ3v) is 4.79. The van der Waals surface area contributed by atoms with Gasteiger partial charge in [-0.15, -0.1) is 0 Å². The van der Waals surface area contributed by atoms with Gasteiger partial charge in [0, 0.05) is 25.5 Å². The molecule has 130 valence electrons. The van der Waals surface area contributed by atoms with Gasteiger partial charge in [-0.05, 0) is 18.9 Å². The van der Waals surface area contributed by atoms with Crippen LogP contribution in [0.15, 0.2) is 24.7 Å². The predicted octanol–water partition coefficient (Wildman–Crippen LogP) is 1.48. The number of hydrogen-bond acceptors (Lipinski definition) is 5. The van der Waals surface area contributed by atoms with Crippen molar-refractivity contribution in [1.82, 2.24) is 19.4 Å². The monoisotopic (exact) mass is 342 g/mol. The largest absolute Gasteiger partial charge is 0.477 e. The molecule has 1 N–H and O–H groups in total. The number of hydrogen-bond donors (Lipinski definition) is 1. The summed E-state index contributed by atoms with van der Waals surface area (Å²) >= 11 is 0. The van der Waals surface area contributed by atoms with Crippen LogP contribution in [0.4, 0.5) is 0 Å². The third kappa shape index (κ3) is 2.68. The second kappa shape index (κ2) is 6.29. The second-order valence-corrected chi connectivity index (χ2v) is 6.19. The lowest BCUT2D eigenvalue weighted by Gasteiger charge is -2.25. The zero-order valence-electron chi connectivity index (χ0n) is 13.6. The van der Waals surface area contributed by atoms with Crippen LogP contribution in [0.1, 0.15) is 51.1 Å². The van der Waals surface area contributed by atoms with Crippen LogP contribution in [0.3, 0.4) is 0 Å². The van der Waals surface area contributed by atoms with Crippen LogP contribution in [-0.4, -0.2) is 49.6 Å². The first kappa shape index (κ1) is 15.8. The van der Waals surface area contributed by atoms with E-state index in [0.29, 0.717) is 31.0 Å². The maximum atomic E-state index is 13.2. The van der Waals surface area contributed by atoms with Crippen LogP contribution < -0.4 is 0 Å². The Morgan fingerprint density at radius 2 is 2.16 bits per heavy atom. The summed E-state index contributed by atoms with van der Waals surface area (Å²) in [4.78, 5) is 34.8. The number of fused-ring (bicyclic) bond motifs is 1. The summed E-state index contributed by atoms with van der Waals surface area (Å²) in [5, 5.41) is 9.43. The van der Waals surface area contributed by atoms with Gasteiger partial charge in [-0.2, -0.15) is 0 Å². The van der Waals surface area contributed by atoms with Gasteiger partial charge in [0.2, 0.25) is 0 Å². The average Bonchev–Trinajstić information content (AvgIpc) is 3.27. The minimum atomic E-state index is -1.03. The molecule has 0 radical (unpaired) electrons. The topological polar surface area (TPSA) is 97.5 Å². The highest BCUT2D eigenvalue weighted by molar-refractivity contribution is 5.99. The SMILES string of the molecule is O=C(O)c1cc(C(=O)N2CCC[C@@H]2c2cnccn2)c2n1CCOC2. The molecule has 2 aromatic rings. The molecule has 0 bridgehead atoms. The Morgan fingerprint density at radius 1 is 1.28 bits per heavy atom. The normalized spacial score (nSPS) is 19.7. The number of likely N-dealkylation sites (tertiary alicyclic amines) is 1. The van der Waals surface area contributed by atoms with Gasteiger partial charge in [-0.1, -0.05) is 0 Å². The van der Waals surface area contributed by atoms with Crippen molar-refractivity contribution in [2.45, 2.75) is 32.0 Å². The van der Waals surface area contributed by atoms with E-state index in [1.54, 1.807) is 28.1 Å². The number of carboxylic acids is 1. The zero-order chi connectivity index (χ0) is 17.4. The predicted molar refractivity (Wildman–Crippen MR) is 86.1 cm³/mol. The minimum Gasteiger partial charge on any atom is -0.477 e. The molecule has 0 aromatic carbocycles. The number of carbonyl (C=O) groups excluding carboxylic acids is 1. The lowest BCUT2D eigenvalue weighted by Crippen LogP contribution is -2.32. The molecule has 8 heteroatoms. The molecule has 1 saturated heterocycles. The first-order valence-electron chi connectivity index (χ1n) is 8.27. The van der Waals surface area contributed by atoms with Crippen molar-refractivity contribution in [1.29, 1.82) is 0 Å². The van der Waals surface area contributed by atoms with Crippen molar-refractivity contribution in [3.8, 4) is 0 Å². The molecule has 1 amide bonds. The van der Waals surface area contributed by atoms with Crippen molar-refractivity contribution in [3.05, 3.63) is 47.3 Å². The Kier molecular flexibility index (Phi) is 3.96. The van der Waals surface area contributed by atoms with Crippen LogP contribution in [0.25, 0.3) is 0 Å². The van der Waals surface area contributed by atoms with Crippen LogP contribution in [0.2, 0.25) is 0 Å². The molecule has 0 aliphatic carbocycles. The van der Waals surface area contributed by atoms with E-state index in [2.05, 4.69) is 9.97 Å². The summed E-state index contributed by atoms with van der Waals surface area (Å²) in [5.41, 5.74) is 1.94. The molecule has 2 aromatic heterocycles. The molecule has 4 rings (SSSR count). The van der Waals surface area contributed by atoms with Crippen LogP contribution in [0, 0.1) is 0 Å². The third-order valence-electron chi connectivity index (χ3n) is 4.79. The zero-order valence-corrected chi connectivity index (χ0v) is 13.6. The van der Waals surface area contributed by atoms with Crippen molar-refractivity contribution in [2.24, 2.45) is 0 Å². The molecule has 25 heavy (non-hydrogen) atoms. The Balaban J connectivity index is 1.70. The highest BCUT2D eigenvalue weighted by atomic mass is 16.5. The molecule has 0 spiro atoms. The number of amides is 1. The fraction of sp³-hybridized carbons (Fsp3) is 0.412. The summed E-state index contributed by atoms with van der Waals surface area (Å²) in [6, 6.07) is 1.34. The molecule has 1 atom stereocenters. The van der Waals surface area contributed by atoms with E-state index in [1.807, 2.05) is 0 Å². The number of rotatable bonds is 3. The van der Waals surface area contributed by atoms with E-state index in [-0.39, 0.29) is 24.2 Å². The first-order valence-corrected chi connectivity index (χ1v) is 8.27. The Hall–Kier alpha value is -2.74. The Morgan fingerprint density at radius 3 is 2.92 bits per heavy atom. The number of aromatic carboxylic acids is 1. The Bertz CT molecular complexity index is 818. The van der Waals surface area contributed by atoms with Gasteiger partial charge in [-0.3, -0.25) is 14.8 Å². The molecule has 0 unspecified atom stereocenters. The lowest BCUT2D eigenvalue weighted by molar-refractivity contribution is 0.0631. The number of carboxylic acid groups (broad SMARTS) is 1. The Labute approximate surface area is 144 Å². The molecule has 2 aliphatic rings. The highest BCUT2D eigenvalue weighted by Gasteiger charge is 2.35. The maximum absolute atomic E-state index is 13.2. The first-order chi connectivity index (χ1) is 12.2. The maximum Gasteiger partial charge on any atom is 0.352 e. The molecule has 8 nitrogen and oxygen atoms in total. The van der Waals surface area contributed by atoms with Crippen LogP contribution >= 0.6 is 0 Å². The number of aromatic nitrogens is 3. The van der Waals surface area contributed by atoms with Gasteiger partial charge in [0.15, 0.2) is 0 Å². The van der Waals surface area contributed by atoms with Crippen molar-refractivity contribution in [2.75, 3.05) is 13.2 Å². The summed E-state index contributed by atoms with van der Waals surface area (Å²) < 4.78 is 7.12. The van der Waals surface area contributed by atoms with E-state index in [4.69, 9.17) is 4.74 Å². The average molecular weight is 342 g/mol. The molecule has 4 heterocycles. The van der Waals surface area contributed by atoms with Crippen molar-refractivity contribution in [3.63, 3.8) is 0 Å². The van der Waals surface area contributed by atoms with Crippen LogP contribution in [0.5, 0.6) is 0 Å². The number of carbonyl (C=O) groups is 2.